The molecule has 0 bridgehead atoms. The molecule has 0 spiro atoms. The standard InChI is InChI=1S/C46H48F34O13/c1-7-13-81-19-28(47,48)20-87-21-29(37(61,62)90-43(73,74)32(51,52)24-83-15-9-3,38(63,64)91-44(75,76)33(53,54)25-84-16-10-4)36(59,60)89-39(65,66)30(22-88-42(71,72)31(49,50)23-82-14-8-2,40(67,68)92-45(77,78)34(55,56)26-85-17-11-5)41(69,70)93-46(79,80)35(57,58)27-86-18-12-6/h7-12H,1-6,13-27H2. The molecule has 0 saturated heterocycles. The minimum atomic E-state index is -9.82. The van der Waals surface area contributed by atoms with Crippen molar-refractivity contribution in [1.82, 2.24) is 0 Å². The van der Waals surface area contributed by atoms with Crippen LogP contribution < -0.4 is 0 Å². The van der Waals surface area contributed by atoms with Gasteiger partial charge in [0.15, 0.2) is 0 Å². The lowest BCUT2D eigenvalue weighted by Gasteiger charge is -2.52. The van der Waals surface area contributed by atoms with Gasteiger partial charge in [0.1, 0.15) is 46.2 Å². The van der Waals surface area contributed by atoms with Gasteiger partial charge in [0.05, 0.1) is 52.9 Å². The average molecular weight is 1450 g/mol. The molecule has 0 radical (unpaired) electrons. The van der Waals surface area contributed by atoms with Gasteiger partial charge < -0.3 is 37.9 Å². The number of halogens is 34. The molecule has 0 aliphatic carbocycles. The molecule has 0 aliphatic heterocycles. The largest absolute Gasteiger partial charge is 0.426 e. The second kappa shape index (κ2) is 31.8. The van der Waals surface area contributed by atoms with Crippen molar-refractivity contribution in [2.75, 3.05) is 99.1 Å². The lowest BCUT2D eigenvalue weighted by Crippen LogP contribution is -2.76. The summed E-state index contributed by atoms with van der Waals surface area (Å²) in [5.74, 6) is -40.4. The third-order valence-electron chi connectivity index (χ3n) is 10.6. The summed E-state index contributed by atoms with van der Waals surface area (Å²) < 4.78 is 574. The first-order valence-electron chi connectivity index (χ1n) is 23.8. The smallest absolute Gasteiger partial charge is 0.373 e. The lowest BCUT2D eigenvalue weighted by atomic mass is 9.81. The summed E-state index contributed by atoms with van der Waals surface area (Å²) in [7, 11) is 0. The Hall–Kier alpha value is -4.46. The van der Waals surface area contributed by atoms with Crippen LogP contribution in [0.3, 0.4) is 0 Å². The van der Waals surface area contributed by atoms with E-state index in [1.54, 1.807) is 4.74 Å². The maximum absolute atomic E-state index is 17.3. The topological polar surface area (TPSA) is 120 Å². The second-order valence-electron chi connectivity index (χ2n) is 18.0. The van der Waals surface area contributed by atoms with E-state index < -0.39 is 213 Å². The van der Waals surface area contributed by atoms with Crippen LogP contribution in [0, 0.1) is 10.8 Å². The molecule has 0 aromatic carbocycles. The first-order valence-corrected chi connectivity index (χ1v) is 23.8. The second-order valence-corrected chi connectivity index (χ2v) is 18.0. The third-order valence-corrected chi connectivity index (χ3v) is 10.6. The first kappa shape index (κ1) is 88.5. The van der Waals surface area contributed by atoms with Crippen molar-refractivity contribution < 1.29 is 211 Å². The Bertz CT molecular complexity index is 2290. The maximum atomic E-state index is 17.3. The molecule has 0 aromatic rings. The SMILES string of the molecule is C=CCOCC(F)(F)COCC(C(F)(F)OC(F)(F)C(F)(F)COCC=C)(C(F)(F)OC(F)(F)C(F)(F)COCC=C)C(F)(F)OC(F)(F)C(COC(F)(F)C(F)(F)COCC=C)(C(F)(F)OC(F)(F)C(F)(F)COCC=C)C(F)(F)OC(F)(F)C(F)(F)COCC=C. The van der Waals surface area contributed by atoms with Crippen LogP contribution in [0.15, 0.2) is 75.9 Å². The van der Waals surface area contributed by atoms with Crippen LogP contribution in [-0.4, -0.2) is 202 Å². The quantitative estimate of drug-likeness (QED) is 0.0327. The van der Waals surface area contributed by atoms with Gasteiger partial charge in [0, 0.05) is 0 Å². The minimum Gasteiger partial charge on any atom is -0.373 e. The number of rotatable bonds is 52. The molecular formula is C46H48F34O13. The van der Waals surface area contributed by atoms with Crippen molar-refractivity contribution >= 4 is 0 Å². The van der Waals surface area contributed by atoms with Crippen molar-refractivity contribution in [2.45, 2.75) is 103 Å². The Kier molecular flexibility index (Phi) is 30.3. The Balaban J connectivity index is 10.5. The fraction of sp³-hybridized carbons (Fsp3) is 0.739. The number of alkyl halides is 34. The van der Waals surface area contributed by atoms with Gasteiger partial charge in [0.2, 0.25) is 0 Å². The van der Waals surface area contributed by atoms with Crippen LogP contribution >= 0.6 is 0 Å². The molecule has 0 saturated carbocycles. The highest BCUT2D eigenvalue weighted by Crippen LogP contribution is 2.68. The zero-order valence-corrected chi connectivity index (χ0v) is 46.0. The van der Waals surface area contributed by atoms with Crippen molar-refractivity contribution in [1.29, 1.82) is 0 Å². The summed E-state index contributed by atoms with van der Waals surface area (Å²) in [6.07, 6.45) is -94.6. The zero-order chi connectivity index (χ0) is 73.5. The summed E-state index contributed by atoms with van der Waals surface area (Å²) in [5, 5.41) is 0. The van der Waals surface area contributed by atoms with Crippen molar-refractivity contribution in [2.24, 2.45) is 10.8 Å². The summed E-state index contributed by atoms with van der Waals surface area (Å²) in [4.78, 5) is 0. The molecular weight excluding hydrogens is 1410 g/mol. The summed E-state index contributed by atoms with van der Waals surface area (Å²) in [6, 6.07) is 0. The van der Waals surface area contributed by atoms with E-state index in [4.69, 9.17) is 0 Å². The number of hydrogen-bond donors (Lipinski definition) is 0. The summed E-state index contributed by atoms with van der Waals surface area (Å²) in [6.45, 7) is -26.5. The van der Waals surface area contributed by atoms with E-state index in [0.717, 1.165) is 0 Å². The molecule has 0 heterocycles. The molecule has 0 N–H and O–H groups in total. The van der Waals surface area contributed by atoms with Crippen LogP contribution in [0.2, 0.25) is 0 Å². The van der Waals surface area contributed by atoms with Gasteiger partial charge in [-0.2, -0.15) is 140 Å². The van der Waals surface area contributed by atoms with E-state index in [1.165, 1.54) is 0 Å². The molecule has 47 heteroatoms. The van der Waals surface area contributed by atoms with Gasteiger partial charge in [-0.25, -0.2) is 27.7 Å². The number of ether oxygens (including phenoxy) is 13. The Labute approximate surface area is 499 Å². The molecule has 13 nitrogen and oxygen atoms in total. The molecule has 0 aliphatic rings. The molecule has 0 fully saturated rings. The molecule has 548 valence electrons. The van der Waals surface area contributed by atoms with E-state index in [-0.39, 0.29) is 30.4 Å². The average Bonchev–Trinajstić information content (AvgIpc) is 0.690. The Morgan fingerprint density at radius 3 is 0.581 bits per heavy atom. The van der Waals surface area contributed by atoms with Gasteiger partial charge >= 0.3 is 96.8 Å². The van der Waals surface area contributed by atoms with Crippen LogP contribution in [0.25, 0.3) is 0 Å². The highest BCUT2D eigenvalue weighted by atomic mass is 19.4. The van der Waals surface area contributed by atoms with E-state index in [2.05, 4.69) is 77.4 Å². The summed E-state index contributed by atoms with van der Waals surface area (Å²) >= 11 is 0. The highest BCUT2D eigenvalue weighted by molar-refractivity contribution is 5.08. The maximum Gasteiger partial charge on any atom is 0.426 e. The monoisotopic (exact) mass is 1450 g/mol. The van der Waals surface area contributed by atoms with Crippen LogP contribution in [-0.2, 0) is 61.6 Å². The molecule has 0 amide bonds. The summed E-state index contributed by atoms with van der Waals surface area (Å²) in [5.41, 5.74) is -18.4. The normalized spacial score (nSPS) is 15.2. The van der Waals surface area contributed by atoms with Crippen LogP contribution in [0.4, 0.5) is 149 Å². The molecule has 0 unspecified atom stereocenters. The van der Waals surface area contributed by atoms with Crippen molar-refractivity contribution in [3.05, 3.63) is 75.9 Å². The highest BCUT2D eigenvalue weighted by Gasteiger charge is 2.93. The predicted molar refractivity (Wildman–Crippen MR) is 237 cm³/mol. The molecule has 93 heavy (non-hydrogen) atoms. The Morgan fingerprint density at radius 1 is 0.194 bits per heavy atom. The van der Waals surface area contributed by atoms with E-state index in [1.807, 2.05) is 18.9 Å². The van der Waals surface area contributed by atoms with E-state index in [0.29, 0.717) is 6.08 Å². The minimum absolute atomic E-state index is 0.217. The van der Waals surface area contributed by atoms with Gasteiger partial charge in [0.25, 0.3) is 16.8 Å². The van der Waals surface area contributed by atoms with Crippen molar-refractivity contribution in [3.63, 3.8) is 0 Å². The predicted octanol–water partition coefficient (Wildman–Crippen LogP) is 14.6. The van der Waals surface area contributed by atoms with Crippen LogP contribution in [0.1, 0.15) is 0 Å². The van der Waals surface area contributed by atoms with Gasteiger partial charge in [-0.05, 0) is 0 Å². The molecule has 0 rings (SSSR count). The fourth-order valence-corrected chi connectivity index (χ4v) is 5.91. The first-order chi connectivity index (χ1) is 41.6. The fourth-order valence-electron chi connectivity index (χ4n) is 5.91. The van der Waals surface area contributed by atoms with Gasteiger partial charge in [-0.15, -0.1) is 39.5 Å². The Morgan fingerprint density at radius 2 is 0.366 bits per heavy atom. The van der Waals surface area contributed by atoms with Gasteiger partial charge in [-0.1, -0.05) is 36.5 Å². The zero-order valence-electron chi connectivity index (χ0n) is 46.0. The number of hydrogen-bond acceptors (Lipinski definition) is 13. The van der Waals surface area contributed by atoms with Gasteiger partial charge in [-0.3, -0.25) is 4.74 Å². The lowest BCUT2D eigenvalue weighted by molar-refractivity contribution is -0.601. The van der Waals surface area contributed by atoms with E-state index in [9.17, 15) is 52.7 Å². The van der Waals surface area contributed by atoms with Crippen molar-refractivity contribution in [3.8, 4) is 0 Å². The van der Waals surface area contributed by atoms with Crippen LogP contribution in [0.5, 0.6) is 0 Å². The molecule has 0 aromatic heterocycles. The van der Waals surface area contributed by atoms with E-state index >= 15 is 96.6 Å². The third kappa shape index (κ3) is 20.8. The molecule has 0 atom stereocenters.